The number of hydrazine groups is 2. The second-order valence-electron chi connectivity index (χ2n) is 8.95. The Labute approximate surface area is 209 Å². The van der Waals surface area contributed by atoms with Crippen LogP contribution >= 0.6 is 27.5 Å². The second kappa shape index (κ2) is 9.69. The molecule has 2 aromatic rings. The molecule has 0 bridgehead atoms. The number of anilines is 2. The van der Waals surface area contributed by atoms with E-state index in [0.29, 0.717) is 49.4 Å². The third-order valence-electron chi connectivity index (χ3n) is 6.19. The number of halogens is 5. The molecular weight excluding hydrogens is 537 g/mol. The lowest BCUT2D eigenvalue weighted by Crippen LogP contribution is -2.48. The molecule has 2 aliphatic heterocycles. The predicted octanol–water partition coefficient (Wildman–Crippen LogP) is 5.03. The summed E-state index contributed by atoms with van der Waals surface area (Å²) in [6, 6.07) is 5.69. The molecule has 0 spiro atoms. The van der Waals surface area contributed by atoms with E-state index >= 15 is 0 Å². The first-order valence-electron chi connectivity index (χ1n) is 11.2. The van der Waals surface area contributed by atoms with Crippen LogP contribution in [0.2, 0.25) is 5.02 Å². The number of benzene rings is 1. The average Bonchev–Trinajstić information content (AvgIpc) is 3.50. The van der Waals surface area contributed by atoms with Crippen molar-refractivity contribution in [1.82, 2.24) is 20.3 Å². The standard InChI is InChI=1S/C22H25BrClF3N6O/c23-19-18(4-3-17-20(19)29-30-33(17)11-14-1-2-14)34-21-15(9-16(24)10-28-21)12-31-5-7-32(8-6-31)13-22(25,26)27/h3-4,9-10,14,29-30H,1-2,5-8,11-13H2. The van der Waals surface area contributed by atoms with E-state index in [0.717, 1.165) is 33.9 Å². The zero-order chi connectivity index (χ0) is 23.9. The number of nitrogens with zero attached hydrogens (tertiary/aromatic N) is 4. The zero-order valence-electron chi connectivity index (χ0n) is 18.3. The van der Waals surface area contributed by atoms with Crippen molar-refractivity contribution in [1.29, 1.82) is 0 Å². The highest BCUT2D eigenvalue weighted by atomic mass is 79.9. The molecule has 0 unspecified atom stereocenters. The van der Waals surface area contributed by atoms with Gasteiger partial charge in [-0.1, -0.05) is 11.6 Å². The molecule has 34 heavy (non-hydrogen) atoms. The Morgan fingerprint density at radius 1 is 1.15 bits per heavy atom. The molecule has 1 aromatic heterocycles. The smallest absolute Gasteiger partial charge is 0.401 e. The van der Waals surface area contributed by atoms with Crippen LogP contribution in [0, 0.1) is 5.92 Å². The van der Waals surface area contributed by atoms with E-state index < -0.39 is 12.7 Å². The number of alkyl halides is 3. The predicted molar refractivity (Wildman–Crippen MR) is 128 cm³/mol. The summed E-state index contributed by atoms with van der Waals surface area (Å²) in [6.07, 6.45) is -0.126. The van der Waals surface area contributed by atoms with Crippen LogP contribution < -0.4 is 20.7 Å². The molecule has 5 rings (SSSR count). The van der Waals surface area contributed by atoms with Gasteiger partial charge in [0.2, 0.25) is 5.88 Å². The van der Waals surface area contributed by atoms with Gasteiger partial charge in [-0.25, -0.2) is 4.98 Å². The van der Waals surface area contributed by atoms with Crippen LogP contribution in [-0.4, -0.2) is 60.2 Å². The lowest BCUT2D eigenvalue weighted by molar-refractivity contribution is -0.149. The Balaban J connectivity index is 1.28. The Kier molecular flexibility index (Phi) is 6.82. The van der Waals surface area contributed by atoms with Crippen LogP contribution in [0.1, 0.15) is 18.4 Å². The molecular formula is C22H25BrClF3N6O. The number of hydrogen-bond acceptors (Lipinski definition) is 7. The minimum atomic E-state index is -4.18. The van der Waals surface area contributed by atoms with E-state index in [1.807, 2.05) is 12.1 Å². The topological polar surface area (TPSA) is 55.9 Å². The van der Waals surface area contributed by atoms with Gasteiger partial charge in [0, 0.05) is 51.0 Å². The maximum absolute atomic E-state index is 12.7. The zero-order valence-corrected chi connectivity index (χ0v) is 20.7. The number of nitrogens with one attached hydrogen (secondary N) is 2. The summed E-state index contributed by atoms with van der Waals surface area (Å²) in [5.74, 6) is 1.75. The number of fused-ring (bicyclic) bond motifs is 1. The summed E-state index contributed by atoms with van der Waals surface area (Å²) < 4.78 is 45.0. The van der Waals surface area contributed by atoms with Crippen molar-refractivity contribution in [3.05, 3.63) is 39.5 Å². The van der Waals surface area contributed by atoms with Gasteiger partial charge < -0.3 is 10.2 Å². The largest absolute Gasteiger partial charge is 0.437 e. The van der Waals surface area contributed by atoms with Crippen LogP contribution in [0.25, 0.3) is 0 Å². The number of hydrogen-bond donors (Lipinski definition) is 2. The van der Waals surface area contributed by atoms with Crippen molar-refractivity contribution >= 4 is 38.9 Å². The summed E-state index contributed by atoms with van der Waals surface area (Å²) in [5, 5.41) is 2.58. The van der Waals surface area contributed by atoms with E-state index in [1.54, 1.807) is 6.07 Å². The molecule has 2 N–H and O–H groups in total. The fourth-order valence-electron chi connectivity index (χ4n) is 4.23. The highest BCUT2D eigenvalue weighted by Gasteiger charge is 2.33. The maximum Gasteiger partial charge on any atom is 0.401 e. The van der Waals surface area contributed by atoms with Crippen molar-refractivity contribution in [2.75, 3.05) is 49.7 Å². The Hall–Kier alpha value is -1.79. The van der Waals surface area contributed by atoms with E-state index in [4.69, 9.17) is 16.3 Å². The Morgan fingerprint density at radius 2 is 1.88 bits per heavy atom. The van der Waals surface area contributed by atoms with E-state index in [9.17, 15) is 13.2 Å². The summed E-state index contributed by atoms with van der Waals surface area (Å²) in [6.45, 7) is 2.33. The number of rotatable bonds is 7. The molecule has 1 saturated heterocycles. The second-order valence-corrected chi connectivity index (χ2v) is 10.2. The van der Waals surface area contributed by atoms with Gasteiger partial charge in [-0.3, -0.25) is 14.8 Å². The number of ether oxygens (including phenoxy) is 1. The number of pyridine rings is 1. The molecule has 2 fully saturated rings. The van der Waals surface area contributed by atoms with Crippen LogP contribution in [0.15, 0.2) is 28.9 Å². The average molecular weight is 562 g/mol. The quantitative estimate of drug-likeness (QED) is 0.492. The lowest BCUT2D eigenvalue weighted by Gasteiger charge is -2.35. The van der Waals surface area contributed by atoms with Crippen molar-refractivity contribution in [2.45, 2.75) is 25.6 Å². The molecule has 1 saturated carbocycles. The third-order valence-corrected chi connectivity index (χ3v) is 7.18. The van der Waals surface area contributed by atoms with Gasteiger partial charge in [0.25, 0.3) is 0 Å². The Morgan fingerprint density at radius 3 is 2.59 bits per heavy atom. The van der Waals surface area contributed by atoms with Gasteiger partial charge in [0.15, 0.2) is 0 Å². The molecule has 184 valence electrons. The molecule has 0 radical (unpaired) electrons. The summed E-state index contributed by atoms with van der Waals surface area (Å²) in [4.78, 5) is 7.91. The fourth-order valence-corrected chi connectivity index (χ4v) is 4.93. The number of piperazine rings is 1. The first kappa shape index (κ1) is 23.9. The molecule has 7 nitrogen and oxygen atoms in total. The van der Waals surface area contributed by atoms with E-state index in [-0.39, 0.29) is 0 Å². The monoisotopic (exact) mass is 560 g/mol. The summed E-state index contributed by atoms with van der Waals surface area (Å²) in [7, 11) is 0. The number of aromatic nitrogens is 1. The highest BCUT2D eigenvalue weighted by molar-refractivity contribution is 9.10. The first-order chi connectivity index (χ1) is 16.2. The highest BCUT2D eigenvalue weighted by Crippen LogP contribution is 2.44. The molecule has 3 aliphatic rings. The van der Waals surface area contributed by atoms with Crippen LogP contribution in [0.5, 0.6) is 11.6 Å². The minimum absolute atomic E-state index is 0.357. The van der Waals surface area contributed by atoms with E-state index in [2.05, 4.69) is 41.8 Å². The molecule has 1 aromatic carbocycles. The lowest BCUT2D eigenvalue weighted by atomic mass is 10.2. The molecule has 12 heteroatoms. The van der Waals surface area contributed by atoms with Gasteiger partial charge in [0.05, 0.1) is 27.4 Å². The van der Waals surface area contributed by atoms with Crippen molar-refractivity contribution < 1.29 is 17.9 Å². The van der Waals surface area contributed by atoms with E-state index in [1.165, 1.54) is 23.9 Å². The maximum atomic E-state index is 12.7. The Bertz CT molecular complexity index is 1050. The summed E-state index contributed by atoms with van der Waals surface area (Å²) >= 11 is 9.85. The van der Waals surface area contributed by atoms with Gasteiger partial charge in [-0.2, -0.15) is 13.2 Å². The van der Waals surface area contributed by atoms with Crippen molar-refractivity contribution in [3.63, 3.8) is 0 Å². The molecule has 0 atom stereocenters. The normalized spacial score (nSPS) is 19.3. The fraction of sp³-hybridized carbons (Fsp3) is 0.500. The molecule has 1 aliphatic carbocycles. The molecule has 3 heterocycles. The van der Waals surface area contributed by atoms with Crippen LogP contribution in [-0.2, 0) is 6.54 Å². The SMILES string of the molecule is FC(F)(F)CN1CCN(Cc2cc(Cl)cnc2Oc2ccc3c(c2Br)NNN3CC2CC2)CC1. The van der Waals surface area contributed by atoms with Gasteiger partial charge >= 0.3 is 6.18 Å². The minimum Gasteiger partial charge on any atom is -0.437 e. The van der Waals surface area contributed by atoms with Gasteiger partial charge in [-0.15, -0.1) is 5.53 Å². The van der Waals surface area contributed by atoms with Gasteiger partial charge in [-0.05, 0) is 52.9 Å². The van der Waals surface area contributed by atoms with Crippen molar-refractivity contribution in [2.24, 2.45) is 5.92 Å². The first-order valence-corrected chi connectivity index (χ1v) is 12.4. The summed E-state index contributed by atoms with van der Waals surface area (Å²) in [5.41, 5.74) is 9.13. The van der Waals surface area contributed by atoms with Crippen molar-refractivity contribution in [3.8, 4) is 11.6 Å². The van der Waals surface area contributed by atoms with Crippen LogP contribution in [0.4, 0.5) is 24.5 Å². The molecule has 0 amide bonds. The third kappa shape index (κ3) is 5.71. The van der Waals surface area contributed by atoms with Gasteiger partial charge in [0.1, 0.15) is 5.75 Å². The van der Waals surface area contributed by atoms with Crippen LogP contribution in [0.3, 0.4) is 0 Å².